The second-order valence-corrected chi connectivity index (χ2v) is 7.20. The maximum atomic E-state index is 12.0. The molecule has 1 aliphatic heterocycles. The third kappa shape index (κ3) is 4.96. The fraction of sp³-hybridized carbons (Fsp3) is 0.353. The van der Waals surface area contributed by atoms with Gasteiger partial charge in [-0.25, -0.2) is 0 Å². The van der Waals surface area contributed by atoms with E-state index in [0.29, 0.717) is 27.3 Å². The van der Waals surface area contributed by atoms with Gasteiger partial charge in [0.25, 0.3) is 11.8 Å². The number of hydrogen-bond donors (Lipinski definition) is 1. The highest BCUT2D eigenvalue weighted by Gasteiger charge is 2.22. The summed E-state index contributed by atoms with van der Waals surface area (Å²) in [4.78, 5) is 25.7. The molecule has 2 amide bonds. The highest BCUT2D eigenvalue weighted by molar-refractivity contribution is 8.26. The Bertz CT molecular complexity index is 731. The Morgan fingerprint density at radius 2 is 2.12 bits per heavy atom. The standard InChI is InChI=1S/C17H20N2O4S2/c1-5-22-13-8-11(9-14-15(20)18-17(24)25-14)6-7-12(13)23-10(2)16(21)19(3)4/h6-10H,5H2,1-4H3,(H,18,20,24)/b14-9-. The number of carbonyl (C=O) groups excluding carboxylic acids is 2. The Morgan fingerprint density at radius 3 is 2.68 bits per heavy atom. The zero-order chi connectivity index (χ0) is 18.6. The number of nitrogens with zero attached hydrogens (tertiary/aromatic N) is 1. The number of likely N-dealkylation sites (N-methyl/N-ethyl adjacent to an activating group) is 1. The van der Waals surface area contributed by atoms with Gasteiger partial charge in [0, 0.05) is 14.1 Å². The molecular formula is C17H20N2O4S2. The van der Waals surface area contributed by atoms with Crippen LogP contribution < -0.4 is 14.8 Å². The summed E-state index contributed by atoms with van der Waals surface area (Å²) in [6.07, 6.45) is 1.10. The third-order valence-electron chi connectivity index (χ3n) is 3.30. The minimum Gasteiger partial charge on any atom is -0.490 e. The molecule has 0 aliphatic carbocycles. The van der Waals surface area contributed by atoms with Gasteiger partial charge in [0.05, 0.1) is 11.5 Å². The summed E-state index contributed by atoms with van der Waals surface area (Å²) in [6.45, 7) is 4.00. The van der Waals surface area contributed by atoms with E-state index in [-0.39, 0.29) is 11.8 Å². The first-order valence-corrected chi connectivity index (χ1v) is 8.93. The number of benzene rings is 1. The summed E-state index contributed by atoms with van der Waals surface area (Å²) < 4.78 is 11.8. The van der Waals surface area contributed by atoms with Crippen LogP contribution in [0.1, 0.15) is 19.4 Å². The molecule has 0 saturated carbocycles. The Balaban J connectivity index is 2.25. The minimum absolute atomic E-state index is 0.138. The van der Waals surface area contributed by atoms with Crippen molar-refractivity contribution in [2.75, 3.05) is 20.7 Å². The van der Waals surface area contributed by atoms with Gasteiger partial charge in [-0.05, 0) is 37.6 Å². The quantitative estimate of drug-likeness (QED) is 0.604. The van der Waals surface area contributed by atoms with Crippen LogP contribution in [-0.4, -0.2) is 47.8 Å². The molecule has 0 radical (unpaired) electrons. The second kappa shape index (κ2) is 8.35. The molecule has 1 aromatic carbocycles. The number of rotatable bonds is 6. The van der Waals surface area contributed by atoms with Crippen LogP contribution in [0.25, 0.3) is 6.08 Å². The lowest BCUT2D eigenvalue weighted by molar-refractivity contribution is -0.135. The Kier molecular flexibility index (Phi) is 6.44. The molecule has 1 aliphatic rings. The van der Waals surface area contributed by atoms with E-state index in [4.69, 9.17) is 21.7 Å². The van der Waals surface area contributed by atoms with Crippen molar-refractivity contribution in [1.29, 1.82) is 0 Å². The topological polar surface area (TPSA) is 67.9 Å². The van der Waals surface area contributed by atoms with Crippen molar-refractivity contribution >= 4 is 46.2 Å². The van der Waals surface area contributed by atoms with Gasteiger partial charge in [-0.15, -0.1) is 0 Å². The van der Waals surface area contributed by atoms with Gasteiger partial charge < -0.3 is 19.7 Å². The Morgan fingerprint density at radius 1 is 1.40 bits per heavy atom. The van der Waals surface area contributed by atoms with Crippen LogP contribution >= 0.6 is 24.0 Å². The van der Waals surface area contributed by atoms with E-state index in [1.165, 1.54) is 16.7 Å². The average molecular weight is 380 g/mol. The molecule has 1 N–H and O–H groups in total. The summed E-state index contributed by atoms with van der Waals surface area (Å²) in [5.74, 6) is 0.645. The van der Waals surface area contributed by atoms with Crippen molar-refractivity contribution in [3.05, 3.63) is 28.7 Å². The van der Waals surface area contributed by atoms with Crippen molar-refractivity contribution in [2.45, 2.75) is 20.0 Å². The monoisotopic (exact) mass is 380 g/mol. The predicted octanol–water partition coefficient (Wildman–Crippen LogP) is 2.43. The lowest BCUT2D eigenvalue weighted by atomic mass is 10.2. The fourth-order valence-electron chi connectivity index (χ4n) is 2.16. The maximum absolute atomic E-state index is 12.0. The molecule has 2 rings (SSSR count). The molecule has 1 atom stereocenters. The Labute approximate surface area is 156 Å². The lowest BCUT2D eigenvalue weighted by Gasteiger charge is -2.20. The van der Waals surface area contributed by atoms with Gasteiger partial charge in [-0.3, -0.25) is 9.59 Å². The molecular weight excluding hydrogens is 360 g/mol. The molecule has 1 saturated heterocycles. The molecule has 0 bridgehead atoms. The molecule has 1 unspecified atom stereocenters. The van der Waals surface area contributed by atoms with Crippen LogP contribution in [0.3, 0.4) is 0 Å². The summed E-state index contributed by atoms with van der Waals surface area (Å²) in [7, 11) is 3.35. The molecule has 0 aromatic heterocycles. The van der Waals surface area contributed by atoms with E-state index in [9.17, 15) is 9.59 Å². The number of ether oxygens (including phenoxy) is 2. The Hall–Kier alpha value is -2.06. The van der Waals surface area contributed by atoms with Crippen LogP contribution in [0, 0.1) is 0 Å². The van der Waals surface area contributed by atoms with Gasteiger partial charge in [0.1, 0.15) is 4.32 Å². The summed E-state index contributed by atoms with van der Waals surface area (Å²) in [5, 5.41) is 2.58. The molecule has 134 valence electrons. The van der Waals surface area contributed by atoms with Gasteiger partial charge in [-0.1, -0.05) is 30.0 Å². The average Bonchev–Trinajstić information content (AvgIpc) is 2.86. The van der Waals surface area contributed by atoms with E-state index in [1.807, 2.05) is 6.92 Å². The van der Waals surface area contributed by atoms with Crippen molar-refractivity contribution in [2.24, 2.45) is 0 Å². The highest BCUT2D eigenvalue weighted by Crippen LogP contribution is 2.32. The third-order valence-corrected chi connectivity index (χ3v) is 4.46. The molecule has 0 spiro atoms. The van der Waals surface area contributed by atoms with Crippen molar-refractivity contribution < 1.29 is 19.1 Å². The first-order chi connectivity index (χ1) is 11.8. The van der Waals surface area contributed by atoms with Crippen molar-refractivity contribution in [3.63, 3.8) is 0 Å². The molecule has 1 aromatic rings. The number of nitrogens with one attached hydrogen (secondary N) is 1. The van der Waals surface area contributed by atoms with Gasteiger partial charge in [0.15, 0.2) is 17.6 Å². The highest BCUT2D eigenvalue weighted by atomic mass is 32.2. The zero-order valence-corrected chi connectivity index (χ0v) is 16.1. The van der Waals surface area contributed by atoms with E-state index in [2.05, 4.69) is 5.32 Å². The van der Waals surface area contributed by atoms with Gasteiger partial charge in [-0.2, -0.15) is 0 Å². The molecule has 6 nitrogen and oxygen atoms in total. The van der Waals surface area contributed by atoms with Crippen LogP contribution in [0.4, 0.5) is 0 Å². The van der Waals surface area contributed by atoms with Crippen molar-refractivity contribution in [1.82, 2.24) is 10.2 Å². The van der Waals surface area contributed by atoms with Gasteiger partial charge >= 0.3 is 0 Å². The van der Waals surface area contributed by atoms with E-state index >= 15 is 0 Å². The summed E-state index contributed by atoms with van der Waals surface area (Å²) in [5.41, 5.74) is 0.782. The maximum Gasteiger partial charge on any atom is 0.263 e. The smallest absolute Gasteiger partial charge is 0.263 e. The second-order valence-electron chi connectivity index (χ2n) is 5.48. The first-order valence-electron chi connectivity index (χ1n) is 7.71. The van der Waals surface area contributed by atoms with E-state index < -0.39 is 6.10 Å². The minimum atomic E-state index is -0.632. The predicted molar refractivity (Wildman–Crippen MR) is 103 cm³/mol. The number of amides is 2. The number of thioether (sulfide) groups is 1. The molecule has 1 heterocycles. The molecule has 8 heteroatoms. The summed E-state index contributed by atoms with van der Waals surface area (Å²) in [6, 6.07) is 5.30. The zero-order valence-electron chi connectivity index (χ0n) is 14.5. The van der Waals surface area contributed by atoms with Crippen LogP contribution in [-0.2, 0) is 9.59 Å². The largest absolute Gasteiger partial charge is 0.490 e. The summed E-state index contributed by atoms with van der Waals surface area (Å²) >= 11 is 6.20. The SMILES string of the molecule is CCOc1cc(/C=C2\SC(=S)NC2=O)ccc1OC(C)C(=O)N(C)C. The fourth-order valence-corrected chi connectivity index (χ4v) is 3.20. The lowest BCUT2D eigenvalue weighted by Crippen LogP contribution is -2.35. The normalized spacial score (nSPS) is 16.6. The van der Waals surface area contributed by atoms with E-state index in [1.54, 1.807) is 45.3 Å². The molecule has 1 fully saturated rings. The van der Waals surface area contributed by atoms with Crippen LogP contribution in [0.2, 0.25) is 0 Å². The van der Waals surface area contributed by atoms with Gasteiger partial charge in [0.2, 0.25) is 0 Å². The number of thiocarbonyl (C=S) groups is 1. The number of carbonyl (C=O) groups is 2. The molecule has 25 heavy (non-hydrogen) atoms. The first kappa shape index (κ1) is 19.3. The van der Waals surface area contributed by atoms with E-state index in [0.717, 1.165) is 5.56 Å². The van der Waals surface area contributed by atoms with Crippen molar-refractivity contribution in [3.8, 4) is 11.5 Å². The van der Waals surface area contributed by atoms with Crippen LogP contribution in [0.5, 0.6) is 11.5 Å². The van der Waals surface area contributed by atoms with Crippen LogP contribution in [0.15, 0.2) is 23.1 Å². The number of hydrogen-bond acceptors (Lipinski definition) is 6.